The third-order valence-electron chi connectivity index (χ3n) is 3.49. The van der Waals surface area contributed by atoms with E-state index in [4.69, 9.17) is 9.47 Å². The van der Waals surface area contributed by atoms with Crippen molar-refractivity contribution in [1.82, 2.24) is 0 Å². The largest absolute Gasteiger partial charge is 0.508 e. The Hall–Kier alpha value is -0.780. The first-order valence-electron chi connectivity index (χ1n) is 8.26. The number of hydrogen-bond acceptors (Lipinski definition) is 3. The summed E-state index contributed by atoms with van der Waals surface area (Å²) < 4.78 is 11.3. The summed E-state index contributed by atoms with van der Waals surface area (Å²) in [6.45, 7) is 2.96. The van der Waals surface area contributed by atoms with Gasteiger partial charge in [0.2, 0.25) is 0 Å². The van der Waals surface area contributed by atoms with Crippen molar-refractivity contribution in [3.05, 3.63) is 33.4 Å². The Labute approximate surface area is 147 Å². The molecule has 0 aliphatic carbocycles. The Bertz CT molecular complexity index is 403. The van der Waals surface area contributed by atoms with Gasteiger partial charge in [-0.1, -0.05) is 64.0 Å². The van der Waals surface area contributed by atoms with Crippen LogP contribution in [0.1, 0.15) is 63.9 Å². The Morgan fingerprint density at radius 2 is 1.50 bits per heavy atom. The molecule has 0 saturated carbocycles. The molecule has 1 aromatic rings. The number of rotatable bonds is 11. The second-order valence-corrected chi connectivity index (χ2v) is 6.73. The molecule has 1 aromatic carbocycles. The maximum absolute atomic E-state index is 11.4. The number of halogens is 1. The van der Waals surface area contributed by atoms with E-state index in [1.54, 1.807) is 0 Å². The van der Waals surface area contributed by atoms with Crippen molar-refractivity contribution in [2.45, 2.75) is 64.9 Å². The van der Waals surface area contributed by atoms with Crippen LogP contribution in [-0.2, 0) is 16.1 Å². The topological polar surface area (TPSA) is 35.5 Å². The Morgan fingerprint density at radius 1 is 0.909 bits per heavy atom. The number of carbonyl (C=O) groups is 1. The molecule has 0 saturated heterocycles. The van der Waals surface area contributed by atoms with Crippen LogP contribution in [0.25, 0.3) is 0 Å². The molecule has 0 N–H and O–H groups in total. The van der Waals surface area contributed by atoms with Gasteiger partial charge < -0.3 is 9.47 Å². The second-order valence-electron chi connectivity index (χ2n) is 5.49. The van der Waals surface area contributed by atoms with Crippen LogP contribution in [0.15, 0.2) is 24.3 Å². The summed E-state index contributed by atoms with van der Waals surface area (Å²) in [6.07, 6.45) is 9.30. The van der Waals surface area contributed by atoms with E-state index in [9.17, 15) is 4.79 Å². The number of hydrogen-bond donors (Lipinski definition) is 0. The molecule has 0 atom stereocenters. The number of benzene rings is 1. The SMILES string of the molecule is CCCCCCCCCCOC(=O)OCc1ccc(I)cc1. The highest BCUT2D eigenvalue weighted by Gasteiger charge is 2.04. The molecular weight excluding hydrogens is 391 g/mol. The number of carbonyl (C=O) groups excluding carboxylic acids is 1. The van der Waals surface area contributed by atoms with Gasteiger partial charge in [-0.25, -0.2) is 4.79 Å². The third kappa shape index (κ3) is 10.0. The molecule has 0 unspecified atom stereocenters. The minimum Gasteiger partial charge on any atom is -0.434 e. The zero-order chi connectivity index (χ0) is 16.0. The Kier molecular flexibility index (Phi) is 11.2. The monoisotopic (exact) mass is 418 g/mol. The van der Waals surface area contributed by atoms with E-state index >= 15 is 0 Å². The average Bonchev–Trinajstić information content (AvgIpc) is 2.53. The minimum atomic E-state index is -0.568. The van der Waals surface area contributed by atoms with E-state index in [-0.39, 0.29) is 6.61 Å². The highest BCUT2D eigenvalue weighted by Crippen LogP contribution is 2.10. The second kappa shape index (κ2) is 12.7. The minimum absolute atomic E-state index is 0.271. The molecule has 0 aliphatic rings. The van der Waals surface area contributed by atoms with E-state index in [0.29, 0.717) is 6.61 Å². The first-order valence-corrected chi connectivity index (χ1v) is 9.34. The van der Waals surface area contributed by atoms with Crippen molar-refractivity contribution in [2.75, 3.05) is 6.61 Å². The van der Waals surface area contributed by atoms with Gasteiger partial charge in [-0.15, -0.1) is 0 Å². The smallest absolute Gasteiger partial charge is 0.434 e. The Morgan fingerprint density at radius 3 is 2.14 bits per heavy atom. The summed E-state index contributed by atoms with van der Waals surface area (Å²) in [5.74, 6) is 0. The molecule has 0 radical (unpaired) electrons. The lowest BCUT2D eigenvalue weighted by Gasteiger charge is -2.06. The fourth-order valence-corrected chi connectivity index (χ4v) is 2.52. The van der Waals surface area contributed by atoms with E-state index in [2.05, 4.69) is 29.5 Å². The number of ether oxygens (including phenoxy) is 2. The lowest BCUT2D eigenvalue weighted by atomic mass is 10.1. The van der Waals surface area contributed by atoms with Crippen LogP contribution in [0.5, 0.6) is 0 Å². The van der Waals surface area contributed by atoms with Gasteiger partial charge in [0.1, 0.15) is 6.61 Å². The highest BCUT2D eigenvalue weighted by molar-refractivity contribution is 14.1. The quantitative estimate of drug-likeness (QED) is 0.248. The van der Waals surface area contributed by atoms with Crippen molar-refractivity contribution in [1.29, 1.82) is 0 Å². The van der Waals surface area contributed by atoms with Crippen LogP contribution in [0.4, 0.5) is 4.79 Å². The van der Waals surface area contributed by atoms with Crippen LogP contribution in [-0.4, -0.2) is 12.8 Å². The zero-order valence-corrected chi connectivity index (χ0v) is 15.6. The lowest BCUT2D eigenvalue weighted by Crippen LogP contribution is -2.08. The summed E-state index contributed by atoms with van der Waals surface area (Å²) in [5.41, 5.74) is 0.976. The third-order valence-corrected chi connectivity index (χ3v) is 4.21. The predicted molar refractivity (Wildman–Crippen MR) is 97.9 cm³/mol. The van der Waals surface area contributed by atoms with Gasteiger partial charge in [-0.2, -0.15) is 0 Å². The van der Waals surface area contributed by atoms with Crippen LogP contribution in [0.3, 0.4) is 0 Å². The molecule has 1 rings (SSSR count). The van der Waals surface area contributed by atoms with Gasteiger partial charge in [-0.05, 0) is 46.7 Å². The van der Waals surface area contributed by atoms with E-state index in [0.717, 1.165) is 18.4 Å². The highest BCUT2D eigenvalue weighted by atomic mass is 127. The first-order chi connectivity index (χ1) is 10.7. The molecule has 124 valence electrons. The van der Waals surface area contributed by atoms with E-state index < -0.39 is 6.16 Å². The fraction of sp³-hybridized carbons (Fsp3) is 0.611. The maximum atomic E-state index is 11.4. The maximum Gasteiger partial charge on any atom is 0.508 e. The van der Waals surface area contributed by atoms with E-state index in [1.165, 1.54) is 42.1 Å². The molecule has 0 bridgehead atoms. The fourth-order valence-electron chi connectivity index (χ4n) is 2.16. The van der Waals surface area contributed by atoms with Gasteiger partial charge in [-0.3, -0.25) is 0 Å². The molecule has 0 aromatic heterocycles. The van der Waals surface area contributed by atoms with Gasteiger partial charge in [0.15, 0.2) is 0 Å². The molecular formula is C18H27IO3. The van der Waals surface area contributed by atoms with Gasteiger partial charge >= 0.3 is 6.16 Å². The first kappa shape index (κ1) is 19.3. The van der Waals surface area contributed by atoms with Crippen LogP contribution >= 0.6 is 22.6 Å². The van der Waals surface area contributed by atoms with Crippen molar-refractivity contribution in [3.63, 3.8) is 0 Å². The summed E-state index contributed by atoms with van der Waals surface area (Å²) in [4.78, 5) is 11.4. The molecule has 22 heavy (non-hydrogen) atoms. The molecule has 0 aliphatic heterocycles. The summed E-state index contributed by atoms with van der Waals surface area (Å²) in [6, 6.07) is 7.89. The van der Waals surface area contributed by atoms with Gasteiger partial charge in [0.05, 0.1) is 6.61 Å². The molecule has 0 amide bonds. The molecule has 0 spiro atoms. The molecule has 0 heterocycles. The van der Waals surface area contributed by atoms with Gasteiger partial charge in [0, 0.05) is 3.57 Å². The standard InChI is InChI=1S/C18H27IO3/c1-2-3-4-5-6-7-8-9-14-21-18(20)22-15-16-10-12-17(19)13-11-16/h10-13H,2-9,14-15H2,1H3. The molecule has 0 fully saturated rings. The summed E-state index contributed by atoms with van der Waals surface area (Å²) >= 11 is 2.24. The van der Waals surface area contributed by atoms with Crippen molar-refractivity contribution >= 4 is 28.7 Å². The molecule has 3 nitrogen and oxygen atoms in total. The number of unbranched alkanes of at least 4 members (excludes halogenated alkanes) is 7. The van der Waals surface area contributed by atoms with Crippen LogP contribution in [0.2, 0.25) is 0 Å². The Balaban J connectivity index is 1.94. The predicted octanol–water partition coefficient (Wildman–Crippen LogP) is 6.09. The lowest BCUT2D eigenvalue weighted by molar-refractivity contribution is 0.0487. The van der Waals surface area contributed by atoms with Crippen molar-refractivity contribution in [3.8, 4) is 0 Å². The van der Waals surface area contributed by atoms with Crippen LogP contribution in [0, 0.1) is 3.57 Å². The van der Waals surface area contributed by atoms with Crippen molar-refractivity contribution < 1.29 is 14.3 Å². The van der Waals surface area contributed by atoms with E-state index in [1.807, 2.05) is 24.3 Å². The van der Waals surface area contributed by atoms with Crippen LogP contribution < -0.4 is 0 Å². The normalized spacial score (nSPS) is 10.5. The molecule has 4 heteroatoms. The van der Waals surface area contributed by atoms with Crippen molar-refractivity contribution in [2.24, 2.45) is 0 Å². The zero-order valence-electron chi connectivity index (χ0n) is 13.5. The van der Waals surface area contributed by atoms with Gasteiger partial charge in [0.25, 0.3) is 0 Å². The average molecular weight is 418 g/mol. The summed E-state index contributed by atoms with van der Waals surface area (Å²) in [5, 5.41) is 0. The summed E-state index contributed by atoms with van der Waals surface area (Å²) in [7, 11) is 0.